The van der Waals surface area contributed by atoms with Crippen molar-refractivity contribution >= 4 is 21.3 Å². The molecule has 1 atom stereocenters. The van der Waals surface area contributed by atoms with Gasteiger partial charge in [0.2, 0.25) is 0 Å². The number of hydrogen-bond acceptors (Lipinski definition) is 9. The lowest BCUT2D eigenvalue weighted by molar-refractivity contribution is -0.142. The normalized spacial score (nSPS) is 15.8. The van der Waals surface area contributed by atoms with E-state index < -0.39 is 49.9 Å². The highest BCUT2D eigenvalue weighted by Gasteiger charge is 2.42. The molecule has 3 aromatic rings. The number of nitriles is 1. The number of carbonyl (C=O) groups excluding carboxylic acids is 1. The number of alkyl halides is 3. The third kappa shape index (κ3) is 5.42. The first-order chi connectivity index (χ1) is 18.7. The van der Waals surface area contributed by atoms with Crippen LogP contribution in [0.3, 0.4) is 0 Å². The van der Waals surface area contributed by atoms with E-state index >= 15 is 0 Å². The topological polar surface area (TPSA) is 151 Å². The maximum absolute atomic E-state index is 13.7. The highest BCUT2D eigenvalue weighted by molar-refractivity contribution is 7.91. The number of nitrogens with one attached hydrogen (secondary N) is 2. The minimum atomic E-state index is -4.91. The van der Waals surface area contributed by atoms with Crippen LogP contribution in [-0.2, 0) is 21.3 Å². The minimum absolute atomic E-state index is 0.0110. The predicted molar refractivity (Wildman–Crippen MR) is 138 cm³/mol. The Balaban J connectivity index is 1.80. The van der Waals surface area contributed by atoms with Gasteiger partial charge < -0.3 is 14.8 Å². The molecule has 1 fully saturated rings. The Hall–Kier alpha value is -4.25. The molecule has 10 nitrogen and oxygen atoms in total. The molecule has 1 saturated carbocycles. The van der Waals surface area contributed by atoms with Crippen LogP contribution in [0.2, 0.25) is 0 Å². The molecule has 1 aromatic carbocycles. The quantitative estimate of drug-likeness (QED) is 0.373. The molecule has 40 heavy (non-hydrogen) atoms. The van der Waals surface area contributed by atoms with E-state index in [-0.39, 0.29) is 22.2 Å². The number of methoxy groups -OCH3 is 1. The summed E-state index contributed by atoms with van der Waals surface area (Å²) < 4.78 is 72.2. The van der Waals surface area contributed by atoms with E-state index in [0.717, 1.165) is 13.3 Å². The number of rotatable bonds is 7. The monoisotopic (exact) mass is 574 g/mol. The van der Waals surface area contributed by atoms with E-state index in [9.17, 15) is 27.4 Å². The second kappa shape index (κ2) is 10.4. The molecule has 1 aliphatic rings. The van der Waals surface area contributed by atoms with Crippen LogP contribution >= 0.6 is 0 Å². The average Bonchev–Trinajstić information content (AvgIpc) is 2.84. The van der Waals surface area contributed by atoms with Crippen LogP contribution in [-0.4, -0.2) is 38.7 Å². The lowest BCUT2D eigenvalue weighted by atomic mass is 9.67. The zero-order chi connectivity index (χ0) is 29.5. The molecule has 1 aliphatic carbocycles. The molecule has 0 bridgehead atoms. The number of amides is 1. The summed E-state index contributed by atoms with van der Waals surface area (Å²) in [7, 11) is -1.80. The molecule has 0 saturated heterocycles. The minimum Gasteiger partial charge on any atom is -0.478 e. The SMILES string of the molecule is COc1nc(C2(C#N)CCC2)cc(C)c1Oc1nnc(C(F)(F)F)c(C)c1C(=O)Nc1cccc(S(C)(=N)=O)c1. The zero-order valence-electron chi connectivity index (χ0n) is 22.0. The summed E-state index contributed by atoms with van der Waals surface area (Å²) in [6.45, 7) is 2.71. The van der Waals surface area contributed by atoms with Crippen LogP contribution in [0.1, 0.15) is 52.1 Å². The third-order valence-electron chi connectivity index (χ3n) is 6.65. The summed E-state index contributed by atoms with van der Waals surface area (Å²) in [4.78, 5) is 17.9. The van der Waals surface area contributed by atoms with Gasteiger partial charge in [-0.15, -0.1) is 10.2 Å². The van der Waals surface area contributed by atoms with Crippen molar-refractivity contribution in [1.82, 2.24) is 15.2 Å². The number of anilines is 1. The summed E-state index contributed by atoms with van der Waals surface area (Å²) in [5.41, 5.74) is -2.19. The number of halogens is 3. The molecule has 1 amide bonds. The molecule has 2 aromatic heterocycles. The van der Waals surface area contributed by atoms with Gasteiger partial charge in [-0.3, -0.25) is 4.79 Å². The standard InChI is InChI=1S/C26H25F3N6O4S/c1-14-11-18(25(13-30)9-6-10-25)33-24(38-3)20(14)39-23-19(15(2)21(34-35-23)26(27,28)29)22(36)32-16-7-5-8-17(12-16)40(4,31)37/h5,7-8,11-12,31H,6,9-10H2,1-4H3,(H,32,36). The summed E-state index contributed by atoms with van der Waals surface area (Å²) >= 11 is 0. The fourth-order valence-corrected chi connectivity index (χ4v) is 5.00. The van der Waals surface area contributed by atoms with Crippen molar-refractivity contribution in [3.8, 4) is 23.6 Å². The summed E-state index contributed by atoms with van der Waals surface area (Å²) in [5.74, 6) is -1.59. The first-order valence-electron chi connectivity index (χ1n) is 11.9. The Morgan fingerprint density at radius 2 is 1.90 bits per heavy atom. The molecule has 14 heteroatoms. The number of ether oxygens (including phenoxy) is 2. The number of benzene rings is 1. The first kappa shape index (κ1) is 28.8. The summed E-state index contributed by atoms with van der Waals surface area (Å²) in [6, 6.07) is 9.55. The first-order valence-corrected chi connectivity index (χ1v) is 13.9. The largest absolute Gasteiger partial charge is 0.478 e. The van der Waals surface area contributed by atoms with Gasteiger partial charge in [0, 0.05) is 16.8 Å². The Bertz CT molecular complexity index is 1650. The van der Waals surface area contributed by atoms with Gasteiger partial charge in [-0.1, -0.05) is 6.07 Å². The average molecular weight is 575 g/mol. The van der Waals surface area contributed by atoms with Crippen molar-refractivity contribution in [3.63, 3.8) is 0 Å². The Morgan fingerprint density at radius 1 is 1.20 bits per heavy atom. The molecule has 0 radical (unpaired) electrons. The highest BCUT2D eigenvalue weighted by atomic mass is 32.2. The van der Waals surface area contributed by atoms with Crippen LogP contribution in [0.15, 0.2) is 35.2 Å². The van der Waals surface area contributed by atoms with Gasteiger partial charge in [0.05, 0.1) is 34.0 Å². The van der Waals surface area contributed by atoms with Gasteiger partial charge in [-0.2, -0.15) is 18.4 Å². The number of pyridine rings is 1. The van der Waals surface area contributed by atoms with Crippen LogP contribution in [0.25, 0.3) is 0 Å². The van der Waals surface area contributed by atoms with E-state index in [1.165, 1.54) is 37.6 Å². The van der Waals surface area contributed by atoms with Gasteiger partial charge in [0.15, 0.2) is 11.4 Å². The highest BCUT2D eigenvalue weighted by Crippen LogP contribution is 2.45. The second-order valence-corrected chi connectivity index (χ2v) is 11.6. The Morgan fingerprint density at radius 3 is 2.45 bits per heavy atom. The van der Waals surface area contributed by atoms with E-state index in [2.05, 4.69) is 26.6 Å². The van der Waals surface area contributed by atoms with Crippen molar-refractivity contribution in [3.05, 3.63) is 58.4 Å². The van der Waals surface area contributed by atoms with Crippen molar-refractivity contribution in [2.75, 3.05) is 18.7 Å². The second-order valence-electron chi connectivity index (χ2n) is 9.49. The molecule has 4 rings (SSSR count). The summed E-state index contributed by atoms with van der Waals surface area (Å²) in [5, 5.41) is 19.0. The third-order valence-corrected chi connectivity index (χ3v) is 7.81. The fourth-order valence-electron chi connectivity index (χ4n) is 4.31. The molecular weight excluding hydrogens is 549 g/mol. The number of aromatic nitrogens is 3. The lowest BCUT2D eigenvalue weighted by Gasteiger charge is -2.35. The zero-order valence-corrected chi connectivity index (χ0v) is 22.8. The lowest BCUT2D eigenvalue weighted by Crippen LogP contribution is -2.33. The van der Waals surface area contributed by atoms with E-state index in [1.807, 2.05) is 0 Å². The van der Waals surface area contributed by atoms with Crippen LogP contribution in [0, 0.1) is 30.0 Å². The van der Waals surface area contributed by atoms with Gasteiger partial charge in [0.1, 0.15) is 5.56 Å². The molecule has 2 N–H and O–H groups in total. The number of aryl methyl sites for hydroxylation is 1. The van der Waals surface area contributed by atoms with Gasteiger partial charge in [-0.05, 0) is 68.5 Å². The maximum Gasteiger partial charge on any atom is 0.435 e. The Labute approximate surface area is 228 Å². The molecule has 0 aliphatic heterocycles. The maximum atomic E-state index is 13.7. The molecular formula is C26H25F3N6O4S. The number of carbonyl (C=O) groups is 1. The summed E-state index contributed by atoms with van der Waals surface area (Å²) in [6.07, 6.45) is -1.59. The number of nitrogens with zero attached hydrogens (tertiary/aromatic N) is 4. The van der Waals surface area contributed by atoms with E-state index in [0.29, 0.717) is 24.1 Å². The van der Waals surface area contributed by atoms with Crippen LogP contribution in [0.4, 0.5) is 18.9 Å². The smallest absolute Gasteiger partial charge is 0.435 e. The van der Waals surface area contributed by atoms with Crippen molar-refractivity contribution in [1.29, 1.82) is 10.0 Å². The molecule has 1 unspecified atom stereocenters. The molecule has 210 valence electrons. The van der Waals surface area contributed by atoms with Crippen LogP contribution < -0.4 is 14.8 Å². The fraction of sp³-hybridized carbons (Fsp3) is 0.346. The number of hydrogen-bond donors (Lipinski definition) is 2. The predicted octanol–water partition coefficient (Wildman–Crippen LogP) is 5.54. The Kier molecular flexibility index (Phi) is 7.46. The van der Waals surface area contributed by atoms with E-state index in [1.54, 1.807) is 13.0 Å². The van der Waals surface area contributed by atoms with Crippen LogP contribution in [0.5, 0.6) is 17.5 Å². The van der Waals surface area contributed by atoms with Gasteiger partial charge >= 0.3 is 6.18 Å². The van der Waals surface area contributed by atoms with Crippen molar-refractivity contribution < 1.29 is 31.6 Å². The van der Waals surface area contributed by atoms with Crippen molar-refractivity contribution in [2.24, 2.45) is 0 Å². The van der Waals surface area contributed by atoms with Crippen molar-refractivity contribution in [2.45, 2.75) is 49.6 Å². The molecule has 0 spiro atoms. The van der Waals surface area contributed by atoms with E-state index in [4.69, 9.17) is 14.3 Å². The molecule has 2 heterocycles. The van der Waals surface area contributed by atoms with Gasteiger partial charge in [-0.25, -0.2) is 14.0 Å². The van der Waals surface area contributed by atoms with Gasteiger partial charge in [0.25, 0.3) is 17.7 Å².